The van der Waals surface area contributed by atoms with Gasteiger partial charge in [0.25, 0.3) is 5.52 Å². The third-order valence-electron chi connectivity index (χ3n) is 3.04. The molecule has 0 bridgehead atoms. The molecule has 0 aliphatic rings. The summed E-state index contributed by atoms with van der Waals surface area (Å²) < 4.78 is 6.94. The lowest BCUT2D eigenvalue weighted by molar-refractivity contribution is -0.512. The van der Waals surface area contributed by atoms with Crippen LogP contribution in [0.5, 0.6) is 5.75 Å². The van der Waals surface area contributed by atoms with Crippen LogP contribution in [0.3, 0.4) is 0 Å². The maximum atomic E-state index is 12.0. The third kappa shape index (κ3) is 2.08. The molecule has 0 saturated heterocycles. The number of fused-ring (bicyclic) bond motifs is 1. The first kappa shape index (κ1) is 11.5. The van der Waals surface area contributed by atoms with Gasteiger partial charge < -0.3 is 9.72 Å². The van der Waals surface area contributed by atoms with E-state index in [0.717, 1.165) is 17.0 Å². The molecule has 0 unspecified atom stereocenters. The summed E-state index contributed by atoms with van der Waals surface area (Å²) in [6.45, 7) is 0. The number of rotatable bonds is 2. The maximum Gasteiger partial charge on any atom is 0.321 e. The van der Waals surface area contributed by atoms with Crippen molar-refractivity contribution in [3.8, 4) is 17.0 Å². The number of hydrogen-bond acceptors (Lipinski definition) is 2. The first-order chi connectivity index (χ1) is 9.28. The summed E-state index contributed by atoms with van der Waals surface area (Å²) in [5.41, 5.74) is 2.24. The van der Waals surface area contributed by atoms with Gasteiger partial charge in [-0.1, -0.05) is 0 Å². The van der Waals surface area contributed by atoms with Crippen LogP contribution in [0, 0.1) is 0 Å². The maximum absolute atomic E-state index is 12.0. The van der Waals surface area contributed by atoms with Crippen molar-refractivity contribution in [3.63, 3.8) is 0 Å². The summed E-state index contributed by atoms with van der Waals surface area (Å²) in [6.07, 6.45) is 3.76. The number of nitrogens with zero attached hydrogens (tertiary/aromatic N) is 1. The summed E-state index contributed by atoms with van der Waals surface area (Å²) in [4.78, 5) is 14.9. The lowest BCUT2D eigenvalue weighted by atomic mass is 10.1. The second-order valence-corrected chi connectivity index (χ2v) is 4.22. The molecule has 0 spiro atoms. The number of H-pyrrole nitrogens is 1. The Kier molecular flexibility index (Phi) is 2.76. The standard InChI is InChI=1S/C15H12N2O2/c1-19-12-7-5-11(6-8-12)13-10-17-9-3-2-4-14(17)15(18)16-13/h2-10H,1H3/p+1. The molecule has 94 valence electrons. The molecule has 0 aliphatic carbocycles. The molecule has 3 aromatic rings. The predicted octanol–water partition coefficient (Wildman–Crippen LogP) is 1.79. The Bertz CT molecular complexity index is 776. The van der Waals surface area contributed by atoms with Crippen LogP contribution in [0.2, 0.25) is 0 Å². The fourth-order valence-electron chi connectivity index (χ4n) is 2.04. The number of aromatic nitrogens is 2. The van der Waals surface area contributed by atoms with Crippen LogP contribution in [0.15, 0.2) is 59.7 Å². The number of benzene rings is 1. The normalized spacial score (nSPS) is 10.6. The first-order valence-electron chi connectivity index (χ1n) is 5.96. The van der Waals surface area contributed by atoms with E-state index in [0.29, 0.717) is 5.52 Å². The highest BCUT2D eigenvalue weighted by molar-refractivity contribution is 5.59. The first-order valence-corrected chi connectivity index (χ1v) is 5.96. The minimum Gasteiger partial charge on any atom is -0.497 e. The lowest BCUT2D eigenvalue weighted by Crippen LogP contribution is -2.29. The fraction of sp³-hybridized carbons (Fsp3) is 0.0667. The van der Waals surface area contributed by atoms with E-state index in [1.807, 2.05) is 53.2 Å². The monoisotopic (exact) mass is 253 g/mol. The van der Waals surface area contributed by atoms with E-state index in [1.165, 1.54) is 0 Å². The fourth-order valence-corrected chi connectivity index (χ4v) is 2.04. The minimum absolute atomic E-state index is 0.103. The number of ether oxygens (including phenoxy) is 1. The summed E-state index contributed by atoms with van der Waals surface area (Å²) >= 11 is 0. The Morgan fingerprint density at radius 1 is 1.11 bits per heavy atom. The average molecular weight is 253 g/mol. The van der Waals surface area contributed by atoms with E-state index in [1.54, 1.807) is 13.2 Å². The molecule has 2 heterocycles. The van der Waals surface area contributed by atoms with E-state index in [9.17, 15) is 4.79 Å². The Hall–Kier alpha value is -2.62. The molecule has 0 radical (unpaired) electrons. The van der Waals surface area contributed by atoms with Gasteiger partial charge in [0.15, 0.2) is 12.4 Å². The van der Waals surface area contributed by atoms with Gasteiger partial charge in [-0.3, -0.25) is 4.79 Å². The van der Waals surface area contributed by atoms with E-state index in [4.69, 9.17) is 4.74 Å². The summed E-state index contributed by atoms with van der Waals surface area (Å²) in [5, 5.41) is 0. The Morgan fingerprint density at radius 2 is 1.89 bits per heavy atom. The van der Waals surface area contributed by atoms with Crippen molar-refractivity contribution in [2.45, 2.75) is 0 Å². The van der Waals surface area contributed by atoms with Crippen LogP contribution in [0.25, 0.3) is 16.8 Å². The highest BCUT2D eigenvalue weighted by atomic mass is 16.5. The van der Waals surface area contributed by atoms with Crippen LogP contribution >= 0.6 is 0 Å². The van der Waals surface area contributed by atoms with Crippen molar-refractivity contribution in [2.75, 3.05) is 7.11 Å². The summed E-state index contributed by atoms with van der Waals surface area (Å²) in [6, 6.07) is 13.1. The molecule has 2 aromatic heterocycles. The number of hydrogen-bond donors (Lipinski definition) is 1. The van der Waals surface area contributed by atoms with Crippen LogP contribution in [0.4, 0.5) is 0 Å². The SMILES string of the molecule is COc1ccc(-c2c[n+]3ccccc3c(=O)[nH]2)cc1. The van der Waals surface area contributed by atoms with Crippen molar-refractivity contribution < 1.29 is 9.14 Å². The molecule has 0 aliphatic heterocycles. The van der Waals surface area contributed by atoms with E-state index >= 15 is 0 Å². The molecule has 3 rings (SSSR count). The van der Waals surface area contributed by atoms with Crippen LogP contribution in [0.1, 0.15) is 0 Å². The lowest BCUT2D eigenvalue weighted by Gasteiger charge is -2.02. The zero-order chi connectivity index (χ0) is 13.2. The molecule has 1 N–H and O–H groups in total. The third-order valence-corrected chi connectivity index (χ3v) is 3.04. The van der Waals surface area contributed by atoms with Gasteiger partial charge in [0.1, 0.15) is 11.4 Å². The van der Waals surface area contributed by atoms with Gasteiger partial charge >= 0.3 is 5.56 Å². The van der Waals surface area contributed by atoms with Crippen LogP contribution < -0.4 is 14.7 Å². The van der Waals surface area contributed by atoms with Gasteiger partial charge in [0.05, 0.1) is 7.11 Å². The molecule has 1 aromatic carbocycles. The average Bonchev–Trinajstić information content (AvgIpc) is 2.47. The van der Waals surface area contributed by atoms with Crippen LogP contribution in [-0.2, 0) is 0 Å². The quantitative estimate of drug-likeness (QED) is 0.708. The van der Waals surface area contributed by atoms with Crippen molar-refractivity contribution in [2.24, 2.45) is 0 Å². The van der Waals surface area contributed by atoms with Gasteiger partial charge in [-0.25, -0.2) is 0 Å². The smallest absolute Gasteiger partial charge is 0.321 e. The number of nitrogens with one attached hydrogen (secondary N) is 1. The highest BCUT2D eigenvalue weighted by Gasteiger charge is 2.10. The Balaban J connectivity index is 2.16. The van der Waals surface area contributed by atoms with Gasteiger partial charge in [-0.05, 0) is 30.3 Å². The second kappa shape index (κ2) is 4.57. The van der Waals surface area contributed by atoms with E-state index < -0.39 is 0 Å². The molecule has 19 heavy (non-hydrogen) atoms. The molecule has 0 atom stereocenters. The topological polar surface area (TPSA) is 46.2 Å². The summed E-state index contributed by atoms with van der Waals surface area (Å²) in [5.74, 6) is 0.791. The van der Waals surface area contributed by atoms with Gasteiger partial charge in [0, 0.05) is 17.7 Å². The number of pyridine rings is 1. The zero-order valence-electron chi connectivity index (χ0n) is 10.5. The van der Waals surface area contributed by atoms with Crippen molar-refractivity contribution >= 4 is 5.52 Å². The molecular formula is C15H13N2O2+. The van der Waals surface area contributed by atoms with Crippen molar-refractivity contribution in [1.29, 1.82) is 0 Å². The zero-order valence-corrected chi connectivity index (χ0v) is 10.5. The Labute approximate surface area is 109 Å². The largest absolute Gasteiger partial charge is 0.497 e. The minimum atomic E-state index is -0.103. The predicted molar refractivity (Wildman–Crippen MR) is 72.2 cm³/mol. The highest BCUT2D eigenvalue weighted by Crippen LogP contribution is 2.18. The molecule has 0 saturated carbocycles. The van der Waals surface area contributed by atoms with E-state index in [-0.39, 0.29) is 5.56 Å². The molecular weight excluding hydrogens is 240 g/mol. The molecule has 4 nitrogen and oxygen atoms in total. The molecule has 0 fully saturated rings. The van der Waals surface area contributed by atoms with Crippen LogP contribution in [-0.4, -0.2) is 12.1 Å². The molecule has 4 heteroatoms. The second-order valence-electron chi connectivity index (χ2n) is 4.22. The number of aromatic amines is 1. The Morgan fingerprint density at radius 3 is 2.63 bits per heavy atom. The summed E-state index contributed by atoms with van der Waals surface area (Å²) in [7, 11) is 1.63. The van der Waals surface area contributed by atoms with Gasteiger partial charge in [-0.2, -0.15) is 4.40 Å². The van der Waals surface area contributed by atoms with Gasteiger partial charge in [0.2, 0.25) is 0 Å². The number of methoxy groups -OCH3 is 1. The van der Waals surface area contributed by atoms with Crippen molar-refractivity contribution in [1.82, 2.24) is 4.98 Å². The van der Waals surface area contributed by atoms with E-state index in [2.05, 4.69) is 4.98 Å². The van der Waals surface area contributed by atoms with Gasteiger partial charge in [-0.15, -0.1) is 0 Å². The van der Waals surface area contributed by atoms with Crippen molar-refractivity contribution in [3.05, 3.63) is 65.2 Å². The molecule has 0 amide bonds.